The Morgan fingerprint density at radius 2 is 1.57 bits per heavy atom. The number of ether oxygens (including phenoxy) is 3. The van der Waals surface area contributed by atoms with Gasteiger partial charge in [0.2, 0.25) is 10.0 Å². The second-order valence-electron chi connectivity index (χ2n) is 7.43. The number of carbonyl (C=O) groups is 1. The summed E-state index contributed by atoms with van der Waals surface area (Å²) in [5, 5.41) is 0.502. The molecule has 0 radical (unpaired) electrons. The number of benzene rings is 3. The molecule has 0 aromatic heterocycles. The van der Waals surface area contributed by atoms with Crippen molar-refractivity contribution in [1.29, 1.82) is 0 Å². The zero-order valence-electron chi connectivity index (χ0n) is 19.0. The van der Waals surface area contributed by atoms with E-state index in [-0.39, 0.29) is 33.0 Å². The van der Waals surface area contributed by atoms with Gasteiger partial charge in [-0.3, -0.25) is 4.79 Å². The molecule has 0 aliphatic carbocycles. The van der Waals surface area contributed by atoms with Crippen LogP contribution in [0.5, 0.6) is 17.2 Å². The summed E-state index contributed by atoms with van der Waals surface area (Å²) in [7, 11) is -1.41. The third-order valence-corrected chi connectivity index (χ3v) is 7.96. The van der Waals surface area contributed by atoms with Gasteiger partial charge in [-0.05, 0) is 48.4 Å². The van der Waals surface area contributed by atoms with Gasteiger partial charge in [-0.25, -0.2) is 8.42 Å². The first kappa shape index (κ1) is 27.3. The molecule has 0 spiro atoms. The van der Waals surface area contributed by atoms with E-state index in [1.807, 2.05) is 0 Å². The molecule has 0 aliphatic rings. The van der Waals surface area contributed by atoms with Crippen LogP contribution in [0.4, 0.5) is 0 Å². The van der Waals surface area contributed by atoms with Crippen LogP contribution < -0.4 is 9.47 Å². The molecule has 0 saturated carbocycles. The van der Waals surface area contributed by atoms with Crippen molar-refractivity contribution in [2.24, 2.45) is 0 Å². The summed E-state index contributed by atoms with van der Waals surface area (Å²) >= 11 is 15.8. The Morgan fingerprint density at radius 3 is 2.14 bits per heavy atom. The molecule has 3 rings (SSSR count). The van der Waals surface area contributed by atoms with E-state index in [9.17, 15) is 13.2 Å². The van der Waals surface area contributed by atoms with Crippen molar-refractivity contribution in [3.63, 3.8) is 0 Å². The Balaban J connectivity index is 1.99. The highest BCUT2D eigenvalue weighted by molar-refractivity contribution is 9.10. The molecule has 35 heavy (non-hydrogen) atoms. The van der Waals surface area contributed by atoms with Gasteiger partial charge in [0.15, 0.2) is 5.75 Å². The van der Waals surface area contributed by atoms with Gasteiger partial charge in [-0.15, -0.1) is 0 Å². The Morgan fingerprint density at radius 1 is 0.971 bits per heavy atom. The lowest BCUT2D eigenvalue weighted by molar-refractivity contribution is -0.140. The van der Waals surface area contributed by atoms with Gasteiger partial charge in [0.25, 0.3) is 0 Å². The first-order valence-electron chi connectivity index (χ1n) is 10.2. The van der Waals surface area contributed by atoms with Gasteiger partial charge in [-0.2, -0.15) is 4.31 Å². The minimum Gasteiger partial charge on any atom is -0.497 e. The fourth-order valence-corrected chi connectivity index (χ4v) is 6.07. The fraction of sp³-hybridized carbons (Fsp3) is 0.208. The largest absolute Gasteiger partial charge is 0.497 e. The zero-order valence-corrected chi connectivity index (χ0v) is 23.0. The molecule has 0 fully saturated rings. The normalized spacial score (nSPS) is 11.4. The predicted octanol–water partition coefficient (Wildman–Crippen LogP) is 6.23. The second-order valence-corrected chi connectivity index (χ2v) is 11.1. The van der Waals surface area contributed by atoms with Gasteiger partial charge < -0.3 is 14.2 Å². The number of hydrogen-bond donors (Lipinski definition) is 0. The van der Waals surface area contributed by atoms with Gasteiger partial charge in [-0.1, -0.05) is 57.3 Å². The van der Waals surface area contributed by atoms with Gasteiger partial charge >= 0.3 is 5.97 Å². The fourth-order valence-electron chi connectivity index (χ4n) is 3.17. The van der Waals surface area contributed by atoms with Crippen LogP contribution in [0.1, 0.15) is 11.1 Å². The van der Waals surface area contributed by atoms with Crippen LogP contribution >= 0.6 is 39.1 Å². The molecule has 0 amide bonds. The van der Waals surface area contributed by atoms with Crippen molar-refractivity contribution in [3.05, 3.63) is 80.2 Å². The van der Waals surface area contributed by atoms with Crippen molar-refractivity contribution >= 4 is 55.1 Å². The highest BCUT2D eigenvalue weighted by atomic mass is 79.9. The van der Waals surface area contributed by atoms with Crippen LogP contribution in [0.2, 0.25) is 10.0 Å². The number of hydrogen-bond acceptors (Lipinski definition) is 6. The van der Waals surface area contributed by atoms with Crippen LogP contribution in [0, 0.1) is 6.92 Å². The molecule has 0 unspecified atom stereocenters. The van der Waals surface area contributed by atoms with E-state index < -0.39 is 22.5 Å². The van der Waals surface area contributed by atoms with Gasteiger partial charge in [0, 0.05) is 17.1 Å². The molecule has 3 aromatic rings. The summed E-state index contributed by atoms with van der Waals surface area (Å²) in [6, 6.07) is 14.7. The molecule has 0 heterocycles. The number of rotatable bonds is 9. The maximum atomic E-state index is 13.7. The minimum atomic E-state index is -4.14. The Hall–Kier alpha value is -2.30. The second kappa shape index (κ2) is 11.6. The molecular weight excluding hydrogens is 581 g/mol. The average molecular weight is 603 g/mol. The summed E-state index contributed by atoms with van der Waals surface area (Å²) < 4.78 is 44.8. The lowest BCUT2D eigenvalue weighted by Crippen LogP contribution is -2.36. The van der Waals surface area contributed by atoms with E-state index in [1.165, 1.54) is 20.3 Å². The third kappa shape index (κ3) is 6.68. The number of nitrogens with zero attached hydrogens (tertiary/aromatic N) is 1. The topological polar surface area (TPSA) is 82.1 Å². The molecule has 186 valence electrons. The smallest absolute Gasteiger partial charge is 0.321 e. The van der Waals surface area contributed by atoms with Crippen molar-refractivity contribution in [2.45, 2.75) is 18.4 Å². The Bertz CT molecular complexity index is 1310. The summed E-state index contributed by atoms with van der Waals surface area (Å²) in [5.74, 6) is 0.332. The third-order valence-electron chi connectivity index (χ3n) is 5.01. The number of carbonyl (C=O) groups excluding carboxylic acids is 1. The standard InChI is InChI=1S/C24H22BrCl2NO6S/c1-15-4-7-19(34-24-20(26)10-17(25)11-21(24)27)12-22(15)35(30,31)28(14-23(29)33-3)13-16-5-8-18(32-2)9-6-16/h4-12H,13-14H2,1-3H3. The minimum absolute atomic E-state index is 0.0308. The summed E-state index contributed by atoms with van der Waals surface area (Å²) in [6.45, 7) is 1.12. The van der Waals surface area contributed by atoms with Crippen LogP contribution in [0.25, 0.3) is 0 Å². The lowest BCUT2D eigenvalue weighted by atomic mass is 10.2. The van der Waals surface area contributed by atoms with Crippen molar-refractivity contribution in [3.8, 4) is 17.2 Å². The highest BCUT2D eigenvalue weighted by Gasteiger charge is 2.29. The van der Waals surface area contributed by atoms with Gasteiger partial charge in [0.05, 0.1) is 29.2 Å². The van der Waals surface area contributed by atoms with Crippen LogP contribution in [-0.4, -0.2) is 39.5 Å². The maximum Gasteiger partial charge on any atom is 0.321 e. The number of aryl methyl sites for hydroxylation is 1. The molecule has 0 aliphatic heterocycles. The Labute approximate surface area is 222 Å². The number of sulfonamides is 1. The van der Waals surface area contributed by atoms with E-state index in [2.05, 4.69) is 15.9 Å². The first-order chi connectivity index (χ1) is 16.5. The molecule has 0 N–H and O–H groups in total. The molecule has 7 nitrogen and oxygen atoms in total. The molecule has 3 aromatic carbocycles. The van der Waals surface area contributed by atoms with Crippen molar-refractivity contribution < 1.29 is 27.4 Å². The summed E-state index contributed by atoms with van der Waals surface area (Å²) in [4.78, 5) is 12.0. The van der Waals surface area contributed by atoms with E-state index >= 15 is 0 Å². The Kier molecular flexibility index (Phi) is 9.06. The lowest BCUT2D eigenvalue weighted by Gasteiger charge is -2.23. The summed E-state index contributed by atoms with van der Waals surface area (Å²) in [6.07, 6.45) is 0. The van der Waals surface area contributed by atoms with Crippen molar-refractivity contribution in [2.75, 3.05) is 20.8 Å². The SMILES string of the molecule is COC(=O)CN(Cc1ccc(OC)cc1)S(=O)(=O)c1cc(Oc2c(Cl)cc(Br)cc2Cl)ccc1C. The number of methoxy groups -OCH3 is 2. The molecule has 11 heteroatoms. The van der Waals surface area contributed by atoms with Crippen LogP contribution in [-0.2, 0) is 26.1 Å². The van der Waals surface area contributed by atoms with Crippen molar-refractivity contribution in [1.82, 2.24) is 4.31 Å². The molecule has 0 atom stereocenters. The van der Waals surface area contributed by atoms with E-state index in [4.69, 9.17) is 37.4 Å². The molecular formula is C24H22BrCl2NO6S. The summed E-state index contributed by atoms with van der Waals surface area (Å²) in [5.41, 5.74) is 1.13. The molecule has 0 saturated heterocycles. The number of halogens is 3. The molecule has 0 bridgehead atoms. The number of esters is 1. The van der Waals surface area contributed by atoms with E-state index in [0.29, 0.717) is 21.3 Å². The predicted molar refractivity (Wildman–Crippen MR) is 138 cm³/mol. The first-order valence-corrected chi connectivity index (χ1v) is 13.2. The van der Waals surface area contributed by atoms with Crippen LogP contribution in [0.3, 0.4) is 0 Å². The maximum absolute atomic E-state index is 13.7. The monoisotopic (exact) mass is 601 g/mol. The van der Waals surface area contributed by atoms with Gasteiger partial charge in [0.1, 0.15) is 18.0 Å². The average Bonchev–Trinajstić information content (AvgIpc) is 2.82. The zero-order chi connectivity index (χ0) is 25.8. The van der Waals surface area contributed by atoms with E-state index in [1.54, 1.807) is 55.5 Å². The van der Waals surface area contributed by atoms with E-state index in [0.717, 1.165) is 4.31 Å². The highest BCUT2D eigenvalue weighted by Crippen LogP contribution is 2.39. The van der Waals surface area contributed by atoms with Crippen LogP contribution in [0.15, 0.2) is 64.0 Å². The quantitative estimate of drug-likeness (QED) is 0.270.